The molecule has 3 nitrogen and oxygen atoms in total. The summed E-state index contributed by atoms with van der Waals surface area (Å²) in [6, 6.07) is 7.64. The molecule has 0 radical (unpaired) electrons. The zero-order valence-corrected chi connectivity index (χ0v) is 10.9. The van der Waals surface area contributed by atoms with Gasteiger partial charge in [0.1, 0.15) is 0 Å². The largest absolute Gasteiger partial charge is 0.349 e. The summed E-state index contributed by atoms with van der Waals surface area (Å²) in [5.41, 5.74) is 0.969. The molecule has 18 heavy (non-hydrogen) atoms. The highest BCUT2D eigenvalue weighted by molar-refractivity contribution is 6.30. The molecule has 0 saturated carbocycles. The van der Waals surface area contributed by atoms with Crippen LogP contribution < -0.4 is 10.6 Å². The SMILES string of the molecule is O=C(C=Cc1ccc(Cl)cc1)NC1CCCNC1. The first kappa shape index (κ1) is 13.1. The molecule has 1 amide bonds. The molecule has 2 rings (SSSR count). The number of halogens is 1. The Labute approximate surface area is 112 Å². The first-order valence-corrected chi connectivity index (χ1v) is 6.57. The summed E-state index contributed by atoms with van der Waals surface area (Å²) in [6.07, 6.45) is 5.53. The molecule has 1 aliphatic heterocycles. The van der Waals surface area contributed by atoms with Crippen LogP contribution in [0.1, 0.15) is 18.4 Å². The Morgan fingerprint density at radius 2 is 2.17 bits per heavy atom. The molecule has 1 aromatic rings. The molecule has 0 aliphatic carbocycles. The molecule has 2 N–H and O–H groups in total. The van der Waals surface area contributed by atoms with Crippen molar-refractivity contribution in [2.45, 2.75) is 18.9 Å². The van der Waals surface area contributed by atoms with Crippen LogP contribution >= 0.6 is 11.6 Å². The van der Waals surface area contributed by atoms with Gasteiger partial charge in [0.05, 0.1) is 0 Å². The number of carbonyl (C=O) groups is 1. The molecule has 1 atom stereocenters. The van der Waals surface area contributed by atoms with Gasteiger partial charge in [-0.3, -0.25) is 4.79 Å². The van der Waals surface area contributed by atoms with E-state index in [0.717, 1.165) is 31.5 Å². The number of benzene rings is 1. The molecule has 1 unspecified atom stereocenters. The second-order valence-corrected chi connectivity index (χ2v) is 4.87. The van der Waals surface area contributed by atoms with Gasteiger partial charge in [-0.05, 0) is 43.2 Å². The zero-order valence-electron chi connectivity index (χ0n) is 10.2. The van der Waals surface area contributed by atoms with Gasteiger partial charge >= 0.3 is 0 Å². The molecule has 1 saturated heterocycles. The Morgan fingerprint density at radius 3 is 2.83 bits per heavy atom. The van der Waals surface area contributed by atoms with Crippen molar-refractivity contribution in [3.8, 4) is 0 Å². The molecule has 0 aromatic heterocycles. The Morgan fingerprint density at radius 1 is 1.39 bits per heavy atom. The fourth-order valence-corrected chi connectivity index (χ4v) is 2.10. The summed E-state index contributed by atoms with van der Waals surface area (Å²) < 4.78 is 0. The highest BCUT2D eigenvalue weighted by atomic mass is 35.5. The second-order valence-electron chi connectivity index (χ2n) is 4.44. The predicted molar refractivity (Wildman–Crippen MR) is 74.5 cm³/mol. The van der Waals surface area contributed by atoms with Gasteiger partial charge in [-0.25, -0.2) is 0 Å². The fourth-order valence-electron chi connectivity index (χ4n) is 1.97. The third-order valence-corrected chi connectivity index (χ3v) is 3.19. The average Bonchev–Trinajstić information content (AvgIpc) is 2.39. The standard InChI is InChI=1S/C14H17ClN2O/c15-12-6-3-11(4-7-12)5-8-14(18)17-13-2-1-9-16-10-13/h3-8,13,16H,1-2,9-10H2,(H,17,18). The second kappa shape index (κ2) is 6.57. The number of hydrogen-bond acceptors (Lipinski definition) is 2. The van der Waals surface area contributed by atoms with Gasteiger partial charge in [0, 0.05) is 23.7 Å². The lowest BCUT2D eigenvalue weighted by Crippen LogP contribution is -2.45. The molecule has 1 aromatic carbocycles. The lowest BCUT2D eigenvalue weighted by Gasteiger charge is -2.23. The maximum absolute atomic E-state index is 11.7. The van der Waals surface area contributed by atoms with Crippen LogP contribution in [0.2, 0.25) is 5.02 Å². The summed E-state index contributed by atoms with van der Waals surface area (Å²) in [5, 5.41) is 6.95. The van der Waals surface area contributed by atoms with E-state index in [2.05, 4.69) is 10.6 Å². The van der Waals surface area contributed by atoms with E-state index in [4.69, 9.17) is 11.6 Å². The quantitative estimate of drug-likeness (QED) is 0.822. The Balaban J connectivity index is 1.84. The van der Waals surface area contributed by atoms with Crippen LogP contribution in [0.4, 0.5) is 0 Å². The Kier molecular flexibility index (Phi) is 4.79. The van der Waals surface area contributed by atoms with Crippen molar-refractivity contribution in [1.29, 1.82) is 0 Å². The van der Waals surface area contributed by atoms with E-state index < -0.39 is 0 Å². The third kappa shape index (κ3) is 4.17. The van der Waals surface area contributed by atoms with Crippen molar-refractivity contribution in [1.82, 2.24) is 10.6 Å². The monoisotopic (exact) mass is 264 g/mol. The minimum absolute atomic E-state index is 0.0429. The van der Waals surface area contributed by atoms with Crippen molar-refractivity contribution in [2.75, 3.05) is 13.1 Å². The van der Waals surface area contributed by atoms with Gasteiger partial charge in [-0.2, -0.15) is 0 Å². The highest BCUT2D eigenvalue weighted by Crippen LogP contribution is 2.10. The van der Waals surface area contributed by atoms with Crippen molar-refractivity contribution in [3.05, 3.63) is 40.9 Å². The highest BCUT2D eigenvalue weighted by Gasteiger charge is 2.13. The first-order chi connectivity index (χ1) is 8.74. The van der Waals surface area contributed by atoms with E-state index in [-0.39, 0.29) is 11.9 Å². The number of amides is 1. The maximum atomic E-state index is 11.7. The Hall–Kier alpha value is -1.32. The maximum Gasteiger partial charge on any atom is 0.244 e. The number of nitrogens with one attached hydrogen (secondary N) is 2. The summed E-state index contributed by atoms with van der Waals surface area (Å²) in [4.78, 5) is 11.7. The molecule has 0 bridgehead atoms. The predicted octanol–water partition coefficient (Wildman–Crippen LogP) is 2.22. The van der Waals surface area contributed by atoms with Crippen molar-refractivity contribution < 1.29 is 4.79 Å². The Bertz CT molecular complexity index is 422. The zero-order chi connectivity index (χ0) is 12.8. The van der Waals surface area contributed by atoms with Gasteiger partial charge in [0.15, 0.2) is 0 Å². The van der Waals surface area contributed by atoms with Gasteiger partial charge in [0.2, 0.25) is 5.91 Å². The smallest absolute Gasteiger partial charge is 0.244 e. The van der Waals surface area contributed by atoms with E-state index in [1.807, 2.05) is 24.3 Å². The van der Waals surface area contributed by atoms with Crippen LogP contribution in [0.5, 0.6) is 0 Å². The summed E-state index contributed by atoms with van der Waals surface area (Å²) in [5.74, 6) is -0.0429. The topological polar surface area (TPSA) is 41.1 Å². The molecule has 1 heterocycles. The van der Waals surface area contributed by atoms with Crippen LogP contribution in [-0.2, 0) is 4.79 Å². The van der Waals surface area contributed by atoms with Crippen LogP contribution in [0, 0.1) is 0 Å². The lowest BCUT2D eigenvalue weighted by molar-refractivity contribution is -0.117. The molecule has 1 aliphatic rings. The molecule has 4 heteroatoms. The fraction of sp³-hybridized carbons (Fsp3) is 0.357. The summed E-state index contributed by atoms with van der Waals surface area (Å²) in [6.45, 7) is 1.91. The first-order valence-electron chi connectivity index (χ1n) is 6.19. The average molecular weight is 265 g/mol. The number of carbonyl (C=O) groups excluding carboxylic acids is 1. The molecular formula is C14H17ClN2O. The van der Waals surface area contributed by atoms with E-state index in [1.54, 1.807) is 12.2 Å². The van der Waals surface area contributed by atoms with E-state index in [0.29, 0.717) is 5.02 Å². The van der Waals surface area contributed by atoms with E-state index in [9.17, 15) is 4.79 Å². The number of piperidine rings is 1. The third-order valence-electron chi connectivity index (χ3n) is 2.94. The minimum atomic E-state index is -0.0429. The van der Waals surface area contributed by atoms with Crippen molar-refractivity contribution in [2.24, 2.45) is 0 Å². The molecule has 1 fully saturated rings. The summed E-state index contributed by atoms with van der Waals surface area (Å²) in [7, 11) is 0. The van der Waals surface area contributed by atoms with E-state index in [1.165, 1.54) is 0 Å². The molecular weight excluding hydrogens is 248 g/mol. The van der Waals surface area contributed by atoms with Gasteiger partial charge < -0.3 is 10.6 Å². The van der Waals surface area contributed by atoms with Crippen molar-refractivity contribution >= 4 is 23.6 Å². The number of rotatable bonds is 3. The van der Waals surface area contributed by atoms with E-state index >= 15 is 0 Å². The van der Waals surface area contributed by atoms with Crippen LogP contribution in [0.25, 0.3) is 6.08 Å². The minimum Gasteiger partial charge on any atom is -0.349 e. The number of hydrogen-bond donors (Lipinski definition) is 2. The molecule has 96 valence electrons. The van der Waals surface area contributed by atoms with Gasteiger partial charge in [0.25, 0.3) is 0 Å². The van der Waals surface area contributed by atoms with Gasteiger partial charge in [-0.1, -0.05) is 23.7 Å². The van der Waals surface area contributed by atoms with Crippen LogP contribution in [0.15, 0.2) is 30.3 Å². The van der Waals surface area contributed by atoms with Crippen LogP contribution in [0.3, 0.4) is 0 Å². The lowest BCUT2D eigenvalue weighted by atomic mass is 10.1. The van der Waals surface area contributed by atoms with Crippen LogP contribution in [-0.4, -0.2) is 25.0 Å². The van der Waals surface area contributed by atoms with Gasteiger partial charge in [-0.15, -0.1) is 0 Å². The van der Waals surface area contributed by atoms with Crippen molar-refractivity contribution in [3.63, 3.8) is 0 Å². The normalized spacial score (nSPS) is 19.9. The summed E-state index contributed by atoms with van der Waals surface area (Å²) >= 11 is 5.79. The molecule has 0 spiro atoms.